The summed E-state index contributed by atoms with van der Waals surface area (Å²) < 4.78 is 2.00. The zero-order chi connectivity index (χ0) is 13.4. The number of aromatic carboxylic acids is 1. The Morgan fingerprint density at radius 3 is 2.61 bits per heavy atom. The summed E-state index contributed by atoms with van der Waals surface area (Å²) in [4.78, 5) is 11.3. The van der Waals surface area contributed by atoms with E-state index in [-0.39, 0.29) is 11.6 Å². The maximum Gasteiger partial charge on any atom is 0.336 e. The second-order valence-corrected chi connectivity index (χ2v) is 4.65. The van der Waals surface area contributed by atoms with Crippen molar-refractivity contribution in [2.24, 2.45) is 0 Å². The molecule has 1 aromatic carbocycles. The van der Waals surface area contributed by atoms with Crippen molar-refractivity contribution in [3.05, 3.63) is 35.0 Å². The van der Waals surface area contributed by atoms with Gasteiger partial charge in [0.1, 0.15) is 0 Å². The second-order valence-electron chi connectivity index (χ2n) is 4.65. The Labute approximate surface area is 105 Å². The molecule has 0 bridgehead atoms. The van der Waals surface area contributed by atoms with Gasteiger partial charge >= 0.3 is 5.97 Å². The van der Waals surface area contributed by atoms with E-state index in [0.29, 0.717) is 5.56 Å². The van der Waals surface area contributed by atoms with Gasteiger partial charge in [0.05, 0.1) is 22.7 Å². The highest BCUT2D eigenvalue weighted by Gasteiger charge is 2.17. The lowest BCUT2D eigenvalue weighted by molar-refractivity contribution is 0.0699. The zero-order valence-corrected chi connectivity index (χ0v) is 10.6. The number of carbonyl (C=O) groups is 1. The summed E-state index contributed by atoms with van der Waals surface area (Å²) in [5, 5.41) is 19.0. The summed E-state index contributed by atoms with van der Waals surface area (Å²) in [6.45, 7) is 5.94. The molecule has 0 aliphatic heterocycles. The maximum atomic E-state index is 11.3. The summed E-state index contributed by atoms with van der Waals surface area (Å²) in [5.74, 6) is -0.998. The van der Waals surface area contributed by atoms with Crippen molar-refractivity contribution in [1.29, 1.82) is 5.26 Å². The van der Waals surface area contributed by atoms with Gasteiger partial charge in [-0.3, -0.25) is 0 Å². The van der Waals surface area contributed by atoms with Crippen LogP contribution >= 0.6 is 0 Å². The molecule has 2 aromatic rings. The Balaban J connectivity index is 2.94. The first-order valence-electron chi connectivity index (χ1n) is 5.74. The average Bonchev–Trinajstić information content (AvgIpc) is 2.65. The fraction of sp³-hybridized carbons (Fsp3) is 0.286. The highest BCUT2D eigenvalue weighted by molar-refractivity contribution is 6.05. The third kappa shape index (κ3) is 1.74. The van der Waals surface area contributed by atoms with Crippen LogP contribution < -0.4 is 0 Å². The van der Waals surface area contributed by atoms with E-state index in [0.717, 1.165) is 16.5 Å². The average molecular weight is 242 g/mol. The highest BCUT2D eigenvalue weighted by atomic mass is 16.4. The molecule has 0 saturated carbocycles. The van der Waals surface area contributed by atoms with E-state index in [9.17, 15) is 9.90 Å². The fourth-order valence-corrected chi connectivity index (χ4v) is 2.25. The van der Waals surface area contributed by atoms with E-state index in [2.05, 4.69) is 0 Å². The zero-order valence-electron chi connectivity index (χ0n) is 10.6. The minimum Gasteiger partial charge on any atom is -0.478 e. The summed E-state index contributed by atoms with van der Waals surface area (Å²) in [7, 11) is 0. The van der Waals surface area contributed by atoms with Gasteiger partial charge in [0.25, 0.3) is 0 Å². The first kappa shape index (κ1) is 12.2. The Morgan fingerprint density at radius 2 is 2.11 bits per heavy atom. The van der Waals surface area contributed by atoms with Crippen LogP contribution in [0.2, 0.25) is 0 Å². The molecule has 0 radical (unpaired) electrons. The molecule has 1 N–H and O–H groups in total. The van der Waals surface area contributed by atoms with Gasteiger partial charge < -0.3 is 9.67 Å². The lowest BCUT2D eigenvalue weighted by Crippen LogP contribution is -2.01. The molecule has 18 heavy (non-hydrogen) atoms. The van der Waals surface area contributed by atoms with Crippen LogP contribution in [0.25, 0.3) is 10.9 Å². The Kier molecular flexibility index (Phi) is 2.84. The summed E-state index contributed by atoms with van der Waals surface area (Å²) >= 11 is 0. The molecule has 0 fully saturated rings. The normalized spacial score (nSPS) is 10.8. The molecule has 2 rings (SSSR count). The van der Waals surface area contributed by atoms with E-state index in [1.54, 1.807) is 6.07 Å². The van der Waals surface area contributed by atoms with Crippen molar-refractivity contribution < 1.29 is 9.90 Å². The van der Waals surface area contributed by atoms with E-state index < -0.39 is 5.97 Å². The first-order valence-corrected chi connectivity index (χ1v) is 5.74. The Bertz CT molecular complexity index is 675. The molecular formula is C14H14N2O2. The molecule has 1 heterocycles. The molecule has 4 heteroatoms. The Hall–Kier alpha value is -2.28. The fourth-order valence-electron chi connectivity index (χ4n) is 2.25. The number of hydrogen-bond donors (Lipinski definition) is 1. The first-order chi connectivity index (χ1) is 8.45. The van der Waals surface area contributed by atoms with Crippen LogP contribution in [0, 0.1) is 18.3 Å². The third-order valence-corrected chi connectivity index (χ3v) is 3.04. The SMILES string of the molecule is Cc1cn(C(C)C)c2cc(C#N)cc(C(=O)O)c12. The molecule has 0 unspecified atom stereocenters. The van der Waals surface area contributed by atoms with Crippen LogP contribution in [0.1, 0.15) is 41.4 Å². The third-order valence-electron chi connectivity index (χ3n) is 3.04. The van der Waals surface area contributed by atoms with E-state index >= 15 is 0 Å². The second kappa shape index (κ2) is 4.19. The summed E-state index contributed by atoms with van der Waals surface area (Å²) in [6, 6.07) is 5.41. The van der Waals surface area contributed by atoms with Gasteiger partial charge in [-0.25, -0.2) is 4.79 Å². The monoisotopic (exact) mass is 242 g/mol. The van der Waals surface area contributed by atoms with Crippen molar-refractivity contribution in [2.45, 2.75) is 26.8 Å². The Morgan fingerprint density at radius 1 is 1.44 bits per heavy atom. The molecule has 0 aliphatic rings. The van der Waals surface area contributed by atoms with Gasteiger partial charge in [0.2, 0.25) is 0 Å². The largest absolute Gasteiger partial charge is 0.478 e. The van der Waals surface area contributed by atoms with Crippen molar-refractivity contribution >= 4 is 16.9 Å². The number of carboxylic acids is 1. The predicted octanol–water partition coefficient (Wildman–Crippen LogP) is 3.10. The van der Waals surface area contributed by atoms with Gasteiger partial charge in [-0.2, -0.15) is 5.26 Å². The van der Waals surface area contributed by atoms with Crippen LogP contribution in [0.5, 0.6) is 0 Å². The number of fused-ring (bicyclic) bond motifs is 1. The molecule has 92 valence electrons. The number of nitrogens with zero attached hydrogens (tertiary/aromatic N) is 2. The van der Waals surface area contributed by atoms with Crippen molar-refractivity contribution in [3.8, 4) is 6.07 Å². The van der Waals surface area contributed by atoms with Crippen molar-refractivity contribution in [3.63, 3.8) is 0 Å². The molecule has 0 atom stereocenters. The molecule has 0 aliphatic carbocycles. The number of aryl methyl sites for hydroxylation is 1. The van der Waals surface area contributed by atoms with E-state index in [1.165, 1.54) is 6.07 Å². The summed E-state index contributed by atoms with van der Waals surface area (Å²) in [5.41, 5.74) is 2.29. The smallest absolute Gasteiger partial charge is 0.336 e. The van der Waals surface area contributed by atoms with Crippen LogP contribution in [0.15, 0.2) is 18.3 Å². The van der Waals surface area contributed by atoms with E-state index in [1.807, 2.05) is 37.6 Å². The van der Waals surface area contributed by atoms with Crippen LogP contribution in [0.3, 0.4) is 0 Å². The minimum atomic E-state index is -0.998. The van der Waals surface area contributed by atoms with Gasteiger partial charge in [0, 0.05) is 17.6 Å². The van der Waals surface area contributed by atoms with Gasteiger partial charge in [-0.1, -0.05) is 0 Å². The van der Waals surface area contributed by atoms with Crippen molar-refractivity contribution in [2.75, 3.05) is 0 Å². The maximum absolute atomic E-state index is 11.3. The standard InChI is InChI=1S/C14H14N2O2/c1-8(2)16-7-9(3)13-11(14(17)18)4-10(6-15)5-12(13)16/h4-5,7-8H,1-3H3,(H,17,18). The van der Waals surface area contributed by atoms with E-state index in [4.69, 9.17) is 5.26 Å². The van der Waals surface area contributed by atoms with Gasteiger partial charge in [-0.15, -0.1) is 0 Å². The molecule has 1 aromatic heterocycles. The number of hydrogen-bond acceptors (Lipinski definition) is 2. The molecule has 0 amide bonds. The highest BCUT2D eigenvalue weighted by Crippen LogP contribution is 2.28. The van der Waals surface area contributed by atoms with Crippen LogP contribution in [-0.2, 0) is 0 Å². The molecule has 4 nitrogen and oxygen atoms in total. The number of benzene rings is 1. The molecule has 0 saturated heterocycles. The molecular weight excluding hydrogens is 228 g/mol. The van der Waals surface area contributed by atoms with Gasteiger partial charge in [0.15, 0.2) is 0 Å². The lowest BCUT2D eigenvalue weighted by Gasteiger charge is -2.09. The number of carboxylic acid groups (broad SMARTS) is 1. The number of aromatic nitrogens is 1. The number of rotatable bonds is 2. The number of nitriles is 1. The quantitative estimate of drug-likeness (QED) is 0.879. The lowest BCUT2D eigenvalue weighted by atomic mass is 10.0. The predicted molar refractivity (Wildman–Crippen MR) is 68.7 cm³/mol. The minimum absolute atomic E-state index is 0.195. The topological polar surface area (TPSA) is 66.0 Å². The molecule has 0 spiro atoms. The van der Waals surface area contributed by atoms with Crippen LogP contribution in [0.4, 0.5) is 0 Å². The summed E-state index contributed by atoms with van der Waals surface area (Å²) in [6.07, 6.45) is 1.93. The van der Waals surface area contributed by atoms with Gasteiger partial charge in [-0.05, 0) is 38.5 Å². The van der Waals surface area contributed by atoms with Crippen molar-refractivity contribution in [1.82, 2.24) is 4.57 Å². The van der Waals surface area contributed by atoms with Crippen LogP contribution in [-0.4, -0.2) is 15.6 Å².